The van der Waals surface area contributed by atoms with Crippen LogP contribution in [0.5, 0.6) is 0 Å². The van der Waals surface area contributed by atoms with Gasteiger partial charge in [-0.1, -0.05) is 82.3 Å². The summed E-state index contributed by atoms with van der Waals surface area (Å²) in [4.78, 5) is 0. The molecule has 0 saturated heterocycles. The van der Waals surface area contributed by atoms with E-state index in [1.165, 1.54) is 5.56 Å². The van der Waals surface area contributed by atoms with Crippen molar-refractivity contribution in [3.63, 3.8) is 0 Å². The smallest absolute Gasteiger partial charge is 0.140 e. The molecule has 0 aliphatic carbocycles. The molecule has 2 aromatic rings. The molecule has 0 radical (unpaired) electrons. The van der Waals surface area contributed by atoms with Crippen molar-refractivity contribution in [3.8, 4) is 12.1 Å². The molecule has 0 N–H and O–H groups in total. The lowest BCUT2D eigenvalue weighted by molar-refractivity contribution is 0.520. The van der Waals surface area contributed by atoms with E-state index in [1.807, 2.05) is 30.3 Å². The van der Waals surface area contributed by atoms with E-state index < -0.39 is 5.92 Å². The summed E-state index contributed by atoms with van der Waals surface area (Å²) in [5, 5.41) is 18.9. The third kappa shape index (κ3) is 3.84. The van der Waals surface area contributed by atoms with Gasteiger partial charge in [0.15, 0.2) is 0 Å². The normalized spacial score (nSPS) is 13.8. The summed E-state index contributed by atoms with van der Waals surface area (Å²) in [5.74, 6) is -0.711. The zero-order valence-corrected chi connectivity index (χ0v) is 14.8. The van der Waals surface area contributed by atoms with Crippen LogP contribution in [0.1, 0.15) is 56.2 Å². The lowest BCUT2D eigenvalue weighted by atomic mass is 9.75. The van der Waals surface area contributed by atoms with E-state index in [-0.39, 0.29) is 17.3 Å². The van der Waals surface area contributed by atoms with E-state index in [0.717, 1.165) is 11.1 Å². The molecule has 0 fully saturated rings. The Labute approximate surface area is 145 Å². The number of benzene rings is 2. The molecule has 2 unspecified atom stereocenters. The first kappa shape index (κ1) is 17.8. The molecule has 122 valence electrons. The van der Waals surface area contributed by atoms with E-state index in [9.17, 15) is 10.5 Å². The van der Waals surface area contributed by atoms with Crippen LogP contribution in [-0.2, 0) is 5.41 Å². The quantitative estimate of drug-likeness (QED) is 0.744. The Balaban J connectivity index is 2.40. The van der Waals surface area contributed by atoms with Crippen molar-refractivity contribution in [1.29, 1.82) is 10.5 Å². The van der Waals surface area contributed by atoms with Gasteiger partial charge in [-0.05, 0) is 28.0 Å². The third-order valence-corrected chi connectivity index (χ3v) is 4.66. The van der Waals surface area contributed by atoms with Crippen LogP contribution >= 0.6 is 0 Å². The van der Waals surface area contributed by atoms with Crippen molar-refractivity contribution in [3.05, 3.63) is 71.3 Å². The summed E-state index contributed by atoms with van der Waals surface area (Å²) in [7, 11) is 0. The Morgan fingerprint density at radius 1 is 0.792 bits per heavy atom. The second kappa shape index (κ2) is 7.33. The van der Waals surface area contributed by atoms with Crippen molar-refractivity contribution in [1.82, 2.24) is 0 Å². The maximum absolute atomic E-state index is 9.43. The molecule has 2 nitrogen and oxygen atoms in total. The fourth-order valence-electron chi connectivity index (χ4n) is 3.13. The minimum atomic E-state index is -0.662. The standard InChI is InChI=1S/C22H24N2/c1-16(17-10-12-20(13-11-17)22(2,3)4)21(19(14-23)15-24)18-8-6-5-7-9-18/h5-13,16,19,21H,1-4H3. The van der Waals surface area contributed by atoms with Crippen molar-refractivity contribution >= 4 is 0 Å². The van der Waals surface area contributed by atoms with Crippen molar-refractivity contribution in [2.45, 2.75) is 44.9 Å². The molecule has 0 bridgehead atoms. The summed E-state index contributed by atoms with van der Waals surface area (Å²) in [5.41, 5.74) is 3.60. The zero-order chi connectivity index (χ0) is 17.7. The van der Waals surface area contributed by atoms with Gasteiger partial charge in [0.1, 0.15) is 5.92 Å². The van der Waals surface area contributed by atoms with Gasteiger partial charge in [0, 0.05) is 5.92 Å². The molecule has 0 aliphatic heterocycles. The van der Waals surface area contributed by atoms with Crippen LogP contribution in [0.4, 0.5) is 0 Å². The predicted molar refractivity (Wildman–Crippen MR) is 97.5 cm³/mol. The average Bonchev–Trinajstić information content (AvgIpc) is 2.59. The number of nitriles is 2. The van der Waals surface area contributed by atoms with E-state index in [2.05, 4.69) is 64.1 Å². The number of hydrogen-bond acceptors (Lipinski definition) is 2. The Hall–Kier alpha value is -2.58. The minimum Gasteiger partial charge on any atom is -0.197 e. The first-order valence-corrected chi connectivity index (χ1v) is 8.33. The molecule has 2 aromatic carbocycles. The van der Waals surface area contributed by atoms with Crippen LogP contribution in [0, 0.1) is 28.6 Å². The maximum atomic E-state index is 9.43. The largest absolute Gasteiger partial charge is 0.197 e. The first-order valence-electron chi connectivity index (χ1n) is 8.33. The Bertz CT molecular complexity index is 726. The van der Waals surface area contributed by atoms with Gasteiger partial charge in [0.2, 0.25) is 0 Å². The van der Waals surface area contributed by atoms with Crippen LogP contribution in [0.2, 0.25) is 0 Å². The van der Waals surface area contributed by atoms with Crippen LogP contribution < -0.4 is 0 Å². The SMILES string of the molecule is CC(c1ccc(C(C)(C)C)cc1)C(c1ccccc1)C(C#N)C#N. The monoisotopic (exact) mass is 316 g/mol. The van der Waals surface area contributed by atoms with E-state index in [0.29, 0.717) is 0 Å². The van der Waals surface area contributed by atoms with Crippen LogP contribution in [-0.4, -0.2) is 0 Å². The minimum absolute atomic E-state index is 0.0886. The van der Waals surface area contributed by atoms with Gasteiger partial charge in [-0.3, -0.25) is 0 Å². The molecular weight excluding hydrogens is 292 g/mol. The predicted octanol–water partition coefficient (Wildman–Crippen LogP) is 5.53. The maximum Gasteiger partial charge on any atom is 0.140 e. The van der Waals surface area contributed by atoms with Crippen molar-refractivity contribution in [2.75, 3.05) is 0 Å². The highest BCUT2D eigenvalue weighted by atomic mass is 14.4. The molecule has 24 heavy (non-hydrogen) atoms. The lowest BCUT2D eigenvalue weighted by Gasteiger charge is -2.26. The number of rotatable bonds is 4. The second-order valence-corrected chi connectivity index (χ2v) is 7.33. The molecule has 2 rings (SSSR count). The van der Waals surface area contributed by atoms with Gasteiger partial charge in [-0.15, -0.1) is 0 Å². The van der Waals surface area contributed by atoms with Gasteiger partial charge >= 0.3 is 0 Å². The van der Waals surface area contributed by atoms with Crippen LogP contribution in [0.3, 0.4) is 0 Å². The highest BCUT2D eigenvalue weighted by molar-refractivity contribution is 5.35. The molecule has 2 atom stereocenters. The molecular formula is C22H24N2. The Kier molecular flexibility index (Phi) is 5.42. The summed E-state index contributed by atoms with van der Waals surface area (Å²) in [6, 6.07) is 22.8. The summed E-state index contributed by atoms with van der Waals surface area (Å²) in [6.07, 6.45) is 0. The molecule has 0 heterocycles. The fraction of sp³-hybridized carbons (Fsp3) is 0.364. The molecule has 0 saturated carbocycles. The summed E-state index contributed by atoms with van der Waals surface area (Å²) >= 11 is 0. The summed E-state index contributed by atoms with van der Waals surface area (Å²) in [6.45, 7) is 8.68. The molecule has 2 heteroatoms. The van der Waals surface area contributed by atoms with Crippen molar-refractivity contribution < 1.29 is 0 Å². The molecule has 0 aromatic heterocycles. The Morgan fingerprint density at radius 2 is 1.33 bits per heavy atom. The van der Waals surface area contributed by atoms with Crippen molar-refractivity contribution in [2.24, 2.45) is 5.92 Å². The number of hydrogen-bond donors (Lipinski definition) is 0. The van der Waals surface area contributed by atoms with Gasteiger partial charge in [0.25, 0.3) is 0 Å². The van der Waals surface area contributed by atoms with Gasteiger partial charge < -0.3 is 0 Å². The topological polar surface area (TPSA) is 47.6 Å². The van der Waals surface area contributed by atoms with E-state index >= 15 is 0 Å². The zero-order valence-electron chi connectivity index (χ0n) is 14.8. The highest BCUT2D eigenvalue weighted by Crippen LogP contribution is 2.38. The van der Waals surface area contributed by atoms with E-state index in [4.69, 9.17) is 0 Å². The lowest BCUT2D eigenvalue weighted by Crippen LogP contribution is -2.17. The average molecular weight is 316 g/mol. The molecule has 0 spiro atoms. The van der Waals surface area contributed by atoms with Crippen LogP contribution in [0.15, 0.2) is 54.6 Å². The fourth-order valence-corrected chi connectivity index (χ4v) is 3.13. The van der Waals surface area contributed by atoms with Crippen LogP contribution in [0.25, 0.3) is 0 Å². The highest BCUT2D eigenvalue weighted by Gasteiger charge is 2.29. The Morgan fingerprint density at radius 3 is 1.79 bits per heavy atom. The van der Waals surface area contributed by atoms with E-state index in [1.54, 1.807) is 0 Å². The van der Waals surface area contributed by atoms with Gasteiger partial charge in [0.05, 0.1) is 12.1 Å². The van der Waals surface area contributed by atoms with Gasteiger partial charge in [-0.2, -0.15) is 10.5 Å². The molecule has 0 aliphatic rings. The summed E-state index contributed by atoms with van der Waals surface area (Å²) < 4.78 is 0. The number of nitrogens with zero attached hydrogens (tertiary/aromatic N) is 2. The molecule has 0 amide bonds. The van der Waals surface area contributed by atoms with Gasteiger partial charge in [-0.25, -0.2) is 0 Å². The third-order valence-electron chi connectivity index (χ3n) is 4.66. The second-order valence-electron chi connectivity index (χ2n) is 7.33. The first-order chi connectivity index (χ1) is 11.4.